The van der Waals surface area contributed by atoms with E-state index in [4.69, 9.17) is 9.84 Å². The van der Waals surface area contributed by atoms with Gasteiger partial charge in [-0.05, 0) is 31.0 Å². The molecule has 94 valence electrons. The largest absolute Gasteiger partial charge is 0.478 e. The number of carboxylic acid groups (broad SMARTS) is 1. The highest BCUT2D eigenvalue weighted by Gasteiger charge is 2.21. The van der Waals surface area contributed by atoms with Gasteiger partial charge in [0.05, 0.1) is 30.3 Å². The van der Waals surface area contributed by atoms with E-state index in [1.165, 1.54) is 6.07 Å². The molecule has 6 nitrogen and oxygen atoms in total. The van der Waals surface area contributed by atoms with Gasteiger partial charge in [-0.1, -0.05) is 5.21 Å². The van der Waals surface area contributed by atoms with Gasteiger partial charge in [-0.3, -0.25) is 0 Å². The molecule has 1 aromatic heterocycles. The molecule has 18 heavy (non-hydrogen) atoms. The van der Waals surface area contributed by atoms with Crippen molar-refractivity contribution in [2.24, 2.45) is 0 Å². The molecule has 1 saturated carbocycles. The molecule has 3 rings (SSSR count). The van der Waals surface area contributed by atoms with Gasteiger partial charge in [0.25, 0.3) is 0 Å². The number of rotatable bonds is 5. The van der Waals surface area contributed by atoms with E-state index in [0.29, 0.717) is 24.8 Å². The van der Waals surface area contributed by atoms with Gasteiger partial charge in [0.1, 0.15) is 5.52 Å². The SMILES string of the molecule is O=C(O)c1ccc2nnn(CCOC3CC3)c2c1. The molecule has 0 radical (unpaired) electrons. The summed E-state index contributed by atoms with van der Waals surface area (Å²) in [5.74, 6) is -0.945. The zero-order valence-electron chi connectivity index (χ0n) is 9.74. The maximum absolute atomic E-state index is 10.9. The first-order valence-corrected chi connectivity index (χ1v) is 5.92. The van der Waals surface area contributed by atoms with Crippen LogP contribution in [0.2, 0.25) is 0 Å². The molecule has 6 heteroatoms. The van der Waals surface area contributed by atoms with Crippen molar-refractivity contribution in [3.63, 3.8) is 0 Å². The summed E-state index contributed by atoms with van der Waals surface area (Å²) in [6, 6.07) is 4.79. The fourth-order valence-corrected chi connectivity index (χ4v) is 1.80. The quantitative estimate of drug-likeness (QED) is 0.861. The van der Waals surface area contributed by atoms with Crippen LogP contribution in [0.25, 0.3) is 11.0 Å². The van der Waals surface area contributed by atoms with Gasteiger partial charge in [0.2, 0.25) is 0 Å². The van der Waals surface area contributed by atoms with Crippen LogP contribution in [0.15, 0.2) is 18.2 Å². The molecule has 0 unspecified atom stereocenters. The summed E-state index contributed by atoms with van der Waals surface area (Å²) in [4.78, 5) is 10.9. The normalized spacial score (nSPS) is 15.1. The van der Waals surface area contributed by atoms with Crippen LogP contribution in [0.1, 0.15) is 23.2 Å². The van der Waals surface area contributed by atoms with Gasteiger partial charge in [-0.25, -0.2) is 9.48 Å². The van der Waals surface area contributed by atoms with Crippen molar-refractivity contribution in [2.75, 3.05) is 6.61 Å². The fourth-order valence-electron chi connectivity index (χ4n) is 1.80. The maximum Gasteiger partial charge on any atom is 0.335 e. The summed E-state index contributed by atoms with van der Waals surface area (Å²) in [7, 11) is 0. The van der Waals surface area contributed by atoms with Gasteiger partial charge in [-0.15, -0.1) is 5.10 Å². The van der Waals surface area contributed by atoms with Crippen molar-refractivity contribution in [3.05, 3.63) is 23.8 Å². The first-order valence-electron chi connectivity index (χ1n) is 5.92. The van der Waals surface area contributed by atoms with Crippen molar-refractivity contribution in [1.29, 1.82) is 0 Å². The number of hydrogen-bond acceptors (Lipinski definition) is 4. The Bertz CT molecular complexity index is 589. The third-order valence-corrected chi connectivity index (χ3v) is 2.94. The summed E-state index contributed by atoms with van der Waals surface area (Å²) < 4.78 is 7.23. The van der Waals surface area contributed by atoms with E-state index >= 15 is 0 Å². The molecule has 1 aromatic carbocycles. The predicted molar refractivity (Wildman–Crippen MR) is 63.5 cm³/mol. The minimum absolute atomic E-state index is 0.245. The van der Waals surface area contributed by atoms with Crippen molar-refractivity contribution in [2.45, 2.75) is 25.5 Å². The highest BCUT2D eigenvalue weighted by molar-refractivity contribution is 5.92. The van der Waals surface area contributed by atoms with Gasteiger partial charge in [0.15, 0.2) is 0 Å². The van der Waals surface area contributed by atoms with Gasteiger partial charge in [-0.2, -0.15) is 0 Å². The Labute approximate surface area is 103 Å². The Balaban J connectivity index is 1.81. The lowest BCUT2D eigenvalue weighted by Crippen LogP contribution is -2.08. The van der Waals surface area contributed by atoms with Crippen molar-refractivity contribution in [1.82, 2.24) is 15.0 Å². The molecule has 1 aliphatic carbocycles. The Hall–Kier alpha value is -1.95. The van der Waals surface area contributed by atoms with E-state index in [-0.39, 0.29) is 5.56 Å². The summed E-state index contributed by atoms with van der Waals surface area (Å²) in [5, 5.41) is 17.0. The first-order chi connectivity index (χ1) is 8.74. The summed E-state index contributed by atoms with van der Waals surface area (Å²) in [6.45, 7) is 1.18. The van der Waals surface area contributed by atoms with Crippen LogP contribution >= 0.6 is 0 Å². The van der Waals surface area contributed by atoms with E-state index in [2.05, 4.69) is 10.3 Å². The third-order valence-electron chi connectivity index (χ3n) is 2.94. The van der Waals surface area contributed by atoms with Gasteiger partial charge < -0.3 is 9.84 Å². The average Bonchev–Trinajstić information content (AvgIpc) is 3.09. The molecule has 1 N–H and O–H groups in total. The minimum atomic E-state index is -0.945. The lowest BCUT2D eigenvalue weighted by molar-refractivity contribution is 0.0697. The molecule has 1 fully saturated rings. The molecule has 0 amide bonds. The zero-order valence-corrected chi connectivity index (χ0v) is 9.74. The van der Waals surface area contributed by atoms with Crippen molar-refractivity contribution in [3.8, 4) is 0 Å². The Kier molecular flexibility index (Phi) is 2.71. The Morgan fingerprint density at radius 1 is 1.50 bits per heavy atom. The lowest BCUT2D eigenvalue weighted by Gasteiger charge is -2.03. The molecule has 0 aliphatic heterocycles. The number of carboxylic acids is 1. The predicted octanol–water partition coefficient (Wildman–Crippen LogP) is 1.31. The minimum Gasteiger partial charge on any atom is -0.478 e. The monoisotopic (exact) mass is 247 g/mol. The Morgan fingerprint density at radius 2 is 2.33 bits per heavy atom. The number of fused-ring (bicyclic) bond motifs is 1. The smallest absolute Gasteiger partial charge is 0.335 e. The number of hydrogen-bond donors (Lipinski definition) is 1. The number of benzene rings is 1. The van der Waals surface area contributed by atoms with Crippen LogP contribution in [0.5, 0.6) is 0 Å². The molecule has 0 atom stereocenters. The molecule has 0 bridgehead atoms. The highest BCUT2D eigenvalue weighted by Crippen LogP contribution is 2.23. The van der Waals surface area contributed by atoms with E-state index in [9.17, 15) is 4.79 Å². The number of aromatic nitrogens is 3. The number of nitrogens with zero attached hydrogens (tertiary/aromatic N) is 3. The molecule has 0 spiro atoms. The van der Waals surface area contributed by atoms with E-state index in [0.717, 1.165) is 18.4 Å². The molecule has 2 aromatic rings. The molecule has 1 heterocycles. The second kappa shape index (κ2) is 4.38. The van der Waals surface area contributed by atoms with E-state index < -0.39 is 5.97 Å². The van der Waals surface area contributed by atoms with Crippen LogP contribution < -0.4 is 0 Å². The first kappa shape index (κ1) is 11.2. The average molecular weight is 247 g/mol. The zero-order chi connectivity index (χ0) is 12.5. The summed E-state index contributed by atoms with van der Waals surface area (Å²) in [6.07, 6.45) is 2.69. The lowest BCUT2D eigenvalue weighted by atomic mass is 10.2. The van der Waals surface area contributed by atoms with Crippen LogP contribution in [0, 0.1) is 0 Å². The van der Waals surface area contributed by atoms with Crippen molar-refractivity contribution >= 4 is 17.0 Å². The number of ether oxygens (including phenoxy) is 1. The fraction of sp³-hybridized carbons (Fsp3) is 0.417. The molecular formula is C12H13N3O3. The third kappa shape index (κ3) is 2.19. The van der Waals surface area contributed by atoms with Crippen LogP contribution in [-0.4, -0.2) is 38.8 Å². The molecule has 1 aliphatic rings. The summed E-state index contributed by atoms with van der Waals surface area (Å²) in [5.41, 5.74) is 1.68. The maximum atomic E-state index is 10.9. The van der Waals surface area contributed by atoms with E-state index in [1.54, 1.807) is 16.8 Å². The van der Waals surface area contributed by atoms with Crippen molar-refractivity contribution < 1.29 is 14.6 Å². The standard InChI is InChI=1S/C12H13N3O3/c16-12(17)8-1-4-10-11(7-8)15(14-13-10)5-6-18-9-2-3-9/h1,4,7,9H,2-3,5-6H2,(H,16,17). The molecule has 0 saturated heterocycles. The second-order valence-corrected chi connectivity index (χ2v) is 4.39. The number of aromatic carboxylic acids is 1. The van der Waals surface area contributed by atoms with Crippen LogP contribution in [0.3, 0.4) is 0 Å². The highest BCUT2D eigenvalue weighted by atomic mass is 16.5. The van der Waals surface area contributed by atoms with Crippen LogP contribution in [-0.2, 0) is 11.3 Å². The summed E-state index contributed by atoms with van der Waals surface area (Å²) >= 11 is 0. The molecular weight excluding hydrogens is 234 g/mol. The number of carbonyl (C=O) groups is 1. The van der Waals surface area contributed by atoms with E-state index in [1.807, 2.05) is 0 Å². The second-order valence-electron chi connectivity index (χ2n) is 4.39. The Morgan fingerprint density at radius 3 is 3.06 bits per heavy atom. The van der Waals surface area contributed by atoms with Gasteiger partial charge >= 0.3 is 5.97 Å². The van der Waals surface area contributed by atoms with Crippen LogP contribution in [0.4, 0.5) is 0 Å². The topological polar surface area (TPSA) is 77.2 Å². The van der Waals surface area contributed by atoms with Gasteiger partial charge in [0, 0.05) is 0 Å².